The third kappa shape index (κ3) is 4.81. The average molecular weight is 569 g/mol. The maximum Gasteiger partial charge on any atom is 0.116 e. The number of nitrogens with two attached hydrogens (primary N) is 1. The number of aromatic nitrogens is 2. The molecule has 1 aromatic heterocycles. The minimum absolute atomic E-state index is 0.00350. The summed E-state index contributed by atoms with van der Waals surface area (Å²) in [6.45, 7) is 4.63. The topological polar surface area (TPSA) is 75.7 Å². The van der Waals surface area contributed by atoms with E-state index in [1.165, 1.54) is 39.6 Å². The Kier molecular flexibility index (Phi) is 6.75. The van der Waals surface area contributed by atoms with Gasteiger partial charge < -0.3 is 11.1 Å². The SMILES string of the molecule is CC1(C)c2ccccc2-c2cc(-c3cccc(-c4cccc(-c5cc(C(=N)/C=C\N)cc(-c6ccncn6)c5)c4)c3)ccc21. The van der Waals surface area contributed by atoms with Crippen LogP contribution in [-0.4, -0.2) is 15.7 Å². The first-order chi connectivity index (χ1) is 21.4. The van der Waals surface area contributed by atoms with Crippen molar-refractivity contribution in [3.8, 4) is 55.8 Å². The van der Waals surface area contributed by atoms with E-state index >= 15 is 0 Å². The summed E-state index contributed by atoms with van der Waals surface area (Å²) in [7, 11) is 0. The first kappa shape index (κ1) is 27.2. The van der Waals surface area contributed by atoms with Crippen LogP contribution in [0.1, 0.15) is 30.5 Å². The van der Waals surface area contributed by atoms with Gasteiger partial charge in [-0.2, -0.15) is 0 Å². The lowest BCUT2D eigenvalue weighted by molar-refractivity contribution is 0.660. The van der Waals surface area contributed by atoms with Gasteiger partial charge in [-0.25, -0.2) is 9.97 Å². The number of benzene rings is 5. The number of hydrogen-bond acceptors (Lipinski definition) is 4. The van der Waals surface area contributed by atoms with Gasteiger partial charge in [-0.1, -0.05) is 86.6 Å². The Morgan fingerprint density at radius 3 is 1.93 bits per heavy atom. The zero-order valence-corrected chi connectivity index (χ0v) is 24.8. The van der Waals surface area contributed by atoms with Crippen LogP contribution in [-0.2, 0) is 5.41 Å². The molecule has 1 aliphatic rings. The summed E-state index contributed by atoms with van der Waals surface area (Å²) in [6.07, 6.45) is 6.27. The summed E-state index contributed by atoms with van der Waals surface area (Å²) in [5, 5.41) is 8.54. The molecule has 44 heavy (non-hydrogen) atoms. The zero-order chi connectivity index (χ0) is 30.3. The van der Waals surface area contributed by atoms with Gasteiger partial charge in [-0.15, -0.1) is 0 Å². The summed E-state index contributed by atoms with van der Waals surface area (Å²) in [6, 6.07) is 41.0. The lowest BCUT2D eigenvalue weighted by Crippen LogP contribution is -2.14. The minimum atomic E-state index is -0.00350. The normalized spacial score (nSPS) is 13.0. The van der Waals surface area contributed by atoms with Crippen LogP contribution in [0.25, 0.3) is 55.8 Å². The summed E-state index contributed by atoms with van der Waals surface area (Å²) in [5.74, 6) is 0. The van der Waals surface area contributed by atoms with Gasteiger partial charge in [0.1, 0.15) is 6.33 Å². The highest BCUT2D eigenvalue weighted by Crippen LogP contribution is 2.49. The van der Waals surface area contributed by atoms with Gasteiger partial charge in [0, 0.05) is 22.7 Å². The fourth-order valence-corrected chi connectivity index (χ4v) is 6.41. The van der Waals surface area contributed by atoms with E-state index in [2.05, 4.69) is 121 Å². The molecule has 0 saturated heterocycles. The van der Waals surface area contributed by atoms with Gasteiger partial charge >= 0.3 is 0 Å². The maximum atomic E-state index is 8.54. The van der Waals surface area contributed by atoms with Crippen LogP contribution in [0.5, 0.6) is 0 Å². The Hall–Kier alpha value is -5.61. The summed E-state index contributed by atoms with van der Waals surface area (Å²) in [5.41, 5.74) is 20.6. The van der Waals surface area contributed by atoms with E-state index in [9.17, 15) is 0 Å². The molecule has 212 valence electrons. The number of fused-ring (bicyclic) bond motifs is 3. The second-order valence-corrected chi connectivity index (χ2v) is 11.8. The molecule has 4 heteroatoms. The van der Waals surface area contributed by atoms with Crippen LogP contribution in [0.2, 0.25) is 0 Å². The summed E-state index contributed by atoms with van der Waals surface area (Å²) in [4.78, 5) is 8.52. The summed E-state index contributed by atoms with van der Waals surface area (Å²) >= 11 is 0. The number of rotatable bonds is 6. The molecule has 5 aromatic carbocycles. The van der Waals surface area contributed by atoms with E-state index in [1.807, 2.05) is 18.2 Å². The molecular formula is C40H32N4. The molecule has 0 aliphatic heterocycles. The van der Waals surface area contributed by atoms with E-state index in [4.69, 9.17) is 11.1 Å². The maximum absolute atomic E-state index is 8.54. The second-order valence-electron chi connectivity index (χ2n) is 11.8. The van der Waals surface area contributed by atoms with E-state index in [1.54, 1.807) is 18.6 Å². The van der Waals surface area contributed by atoms with Crippen molar-refractivity contribution in [2.75, 3.05) is 0 Å². The molecule has 6 aromatic rings. The van der Waals surface area contributed by atoms with Gasteiger partial charge in [0.2, 0.25) is 0 Å². The van der Waals surface area contributed by atoms with Crippen LogP contribution in [0.15, 0.2) is 140 Å². The minimum Gasteiger partial charge on any atom is -0.405 e. The monoisotopic (exact) mass is 568 g/mol. The molecule has 4 nitrogen and oxygen atoms in total. The quantitative estimate of drug-likeness (QED) is 0.197. The van der Waals surface area contributed by atoms with Gasteiger partial charge in [0.15, 0.2) is 0 Å². The number of hydrogen-bond donors (Lipinski definition) is 2. The third-order valence-electron chi connectivity index (χ3n) is 8.69. The molecule has 1 aliphatic carbocycles. The van der Waals surface area contributed by atoms with Crippen molar-refractivity contribution in [2.45, 2.75) is 19.3 Å². The van der Waals surface area contributed by atoms with Crippen molar-refractivity contribution in [3.63, 3.8) is 0 Å². The van der Waals surface area contributed by atoms with Gasteiger partial charge in [0.25, 0.3) is 0 Å². The van der Waals surface area contributed by atoms with E-state index in [0.717, 1.165) is 39.1 Å². The Labute approximate surface area is 258 Å². The smallest absolute Gasteiger partial charge is 0.116 e. The van der Waals surface area contributed by atoms with Crippen molar-refractivity contribution in [2.24, 2.45) is 5.73 Å². The fourth-order valence-electron chi connectivity index (χ4n) is 6.41. The van der Waals surface area contributed by atoms with E-state index in [-0.39, 0.29) is 5.41 Å². The van der Waals surface area contributed by atoms with Crippen LogP contribution < -0.4 is 5.73 Å². The number of allylic oxidation sites excluding steroid dienone is 1. The first-order valence-electron chi connectivity index (χ1n) is 14.8. The molecule has 0 amide bonds. The molecule has 0 saturated carbocycles. The van der Waals surface area contributed by atoms with Crippen LogP contribution in [0.3, 0.4) is 0 Å². The van der Waals surface area contributed by atoms with E-state index < -0.39 is 0 Å². The first-order valence-corrected chi connectivity index (χ1v) is 14.8. The molecule has 0 fully saturated rings. The van der Waals surface area contributed by atoms with Crippen molar-refractivity contribution < 1.29 is 0 Å². The Morgan fingerprint density at radius 1 is 0.636 bits per heavy atom. The van der Waals surface area contributed by atoms with Gasteiger partial charge in [0.05, 0.1) is 11.4 Å². The Morgan fingerprint density at radius 2 is 1.25 bits per heavy atom. The molecule has 0 unspecified atom stereocenters. The van der Waals surface area contributed by atoms with Gasteiger partial charge in [-0.05, 0) is 110 Å². The fraction of sp³-hybridized carbons (Fsp3) is 0.0750. The highest BCUT2D eigenvalue weighted by atomic mass is 14.8. The zero-order valence-electron chi connectivity index (χ0n) is 24.8. The number of nitrogens with one attached hydrogen (secondary N) is 1. The van der Waals surface area contributed by atoms with Crippen LogP contribution >= 0.6 is 0 Å². The Balaban J connectivity index is 1.28. The molecule has 0 radical (unpaired) electrons. The molecule has 7 rings (SSSR count). The number of nitrogens with zero attached hydrogens (tertiary/aromatic N) is 2. The van der Waals surface area contributed by atoms with Crippen molar-refractivity contribution >= 4 is 5.71 Å². The second kappa shape index (κ2) is 10.9. The molecule has 3 N–H and O–H groups in total. The molecule has 0 atom stereocenters. The standard InChI is InChI=1S/C40H32N4/c1-40(2)36-12-4-3-11-34(36)35-24-30(13-14-37(35)40)28-9-5-7-26(19-28)27-8-6-10-29(20-27)31-21-32(38(42)15-17-41)23-33(22-31)39-16-18-43-25-44-39/h3-25,42H,41H2,1-2H3/b17-15-,42-38?. The highest BCUT2D eigenvalue weighted by Gasteiger charge is 2.35. The average Bonchev–Trinajstić information content (AvgIpc) is 3.31. The predicted octanol–water partition coefficient (Wildman–Crippen LogP) is 9.29. The van der Waals surface area contributed by atoms with Crippen molar-refractivity contribution in [1.29, 1.82) is 5.41 Å². The lowest BCUT2D eigenvalue weighted by atomic mass is 9.82. The lowest BCUT2D eigenvalue weighted by Gasteiger charge is -2.21. The van der Waals surface area contributed by atoms with Crippen molar-refractivity contribution in [1.82, 2.24) is 9.97 Å². The van der Waals surface area contributed by atoms with Gasteiger partial charge in [-0.3, -0.25) is 0 Å². The molecule has 0 spiro atoms. The van der Waals surface area contributed by atoms with Crippen LogP contribution in [0, 0.1) is 5.41 Å². The molecule has 1 heterocycles. The van der Waals surface area contributed by atoms with Crippen molar-refractivity contribution in [3.05, 3.63) is 157 Å². The summed E-state index contributed by atoms with van der Waals surface area (Å²) < 4.78 is 0. The largest absolute Gasteiger partial charge is 0.405 e. The third-order valence-corrected chi connectivity index (χ3v) is 8.69. The van der Waals surface area contributed by atoms with Crippen LogP contribution in [0.4, 0.5) is 0 Å². The van der Waals surface area contributed by atoms with E-state index in [0.29, 0.717) is 5.71 Å². The molecular weight excluding hydrogens is 536 g/mol. The highest BCUT2D eigenvalue weighted by molar-refractivity contribution is 6.08. The molecule has 0 bridgehead atoms. The Bertz CT molecular complexity index is 2070. The predicted molar refractivity (Wildman–Crippen MR) is 181 cm³/mol.